The molecule has 21 heavy (non-hydrogen) atoms. The Morgan fingerprint density at radius 2 is 2.24 bits per heavy atom. The first-order valence-corrected chi connectivity index (χ1v) is 7.34. The van der Waals surface area contributed by atoms with Gasteiger partial charge in [0.1, 0.15) is 9.71 Å². The predicted molar refractivity (Wildman–Crippen MR) is 83.8 cm³/mol. The van der Waals surface area contributed by atoms with Crippen LogP contribution in [0.5, 0.6) is 0 Å². The number of amides is 1. The Morgan fingerprint density at radius 3 is 2.90 bits per heavy atom. The molecule has 2 aromatic rings. The maximum absolute atomic E-state index is 12.2. The minimum Gasteiger partial charge on any atom is -0.397 e. The van der Waals surface area contributed by atoms with Gasteiger partial charge < -0.3 is 20.5 Å². The lowest BCUT2D eigenvalue weighted by Gasteiger charge is -2.14. The van der Waals surface area contributed by atoms with Crippen LogP contribution in [0.1, 0.15) is 15.4 Å². The van der Waals surface area contributed by atoms with Gasteiger partial charge in [-0.05, 0) is 19.1 Å². The van der Waals surface area contributed by atoms with E-state index in [2.05, 4.69) is 10.3 Å². The van der Waals surface area contributed by atoms with Crippen molar-refractivity contribution >= 4 is 33.1 Å². The van der Waals surface area contributed by atoms with Gasteiger partial charge in [0.15, 0.2) is 0 Å². The molecule has 0 saturated heterocycles. The molecule has 2 rings (SSSR count). The summed E-state index contributed by atoms with van der Waals surface area (Å²) in [6.07, 6.45) is -0.185. The lowest BCUT2D eigenvalue weighted by atomic mass is 10.2. The molecule has 0 aliphatic carbocycles. The van der Waals surface area contributed by atoms with Gasteiger partial charge in [0.05, 0.1) is 18.4 Å². The number of fused-ring (bicyclic) bond motifs is 1. The van der Waals surface area contributed by atoms with Crippen LogP contribution in [0.2, 0.25) is 0 Å². The minimum atomic E-state index is -0.216. The van der Waals surface area contributed by atoms with Gasteiger partial charge in [-0.15, -0.1) is 11.3 Å². The number of thiophene rings is 1. The first-order valence-electron chi connectivity index (χ1n) is 6.52. The molecule has 0 saturated carbocycles. The Bertz CT molecular complexity index is 642. The number of rotatable bonds is 6. The molecule has 6 nitrogen and oxygen atoms in total. The summed E-state index contributed by atoms with van der Waals surface area (Å²) in [4.78, 5) is 17.9. The Hall–Kier alpha value is -1.70. The number of hydrogen-bond donors (Lipinski definition) is 2. The quantitative estimate of drug-likeness (QED) is 0.846. The number of aromatic nitrogens is 1. The molecule has 2 heterocycles. The number of pyridine rings is 1. The molecule has 1 atom stereocenters. The monoisotopic (exact) mass is 309 g/mol. The molecule has 1 amide bonds. The Labute approximate surface area is 127 Å². The second kappa shape index (κ2) is 6.84. The van der Waals surface area contributed by atoms with Gasteiger partial charge in [-0.2, -0.15) is 0 Å². The van der Waals surface area contributed by atoms with Crippen molar-refractivity contribution in [2.24, 2.45) is 0 Å². The molecule has 1 unspecified atom stereocenters. The molecular formula is C14H19N3O3S. The van der Waals surface area contributed by atoms with Crippen LogP contribution in [-0.2, 0) is 9.47 Å². The van der Waals surface area contributed by atoms with E-state index < -0.39 is 0 Å². The Balaban J connectivity index is 2.14. The zero-order valence-electron chi connectivity index (χ0n) is 12.3. The number of nitrogens with two attached hydrogens (primary N) is 1. The number of anilines is 1. The maximum atomic E-state index is 12.2. The molecule has 0 spiro atoms. The Morgan fingerprint density at radius 1 is 1.48 bits per heavy atom. The zero-order chi connectivity index (χ0) is 15.4. The van der Waals surface area contributed by atoms with Crippen LogP contribution in [-0.4, -0.2) is 44.4 Å². The standard InChI is InChI=1S/C14H19N3O3S/c1-8-4-5-10-11(15)12(21-14(10)17-8)13(18)16-6-9(20-3)7-19-2/h4-5,9H,6-7,15H2,1-3H3,(H,16,18). The van der Waals surface area contributed by atoms with Crippen molar-refractivity contribution in [1.82, 2.24) is 10.3 Å². The lowest BCUT2D eigenvalue weighted by Crippen LogP contribution is -2.35. The third-order valence-electron chi connectivity index (χ3n) is 3.12. The van der Waals surface area contributed by atoms with Gasteiger partial charge in [-0.3, -0.25) is 4.79 Å². The maximum Gasteiger partial charge on any atom is 0.263 e. The van der Waals surface area contributed by atoms with Crippen molar-refractivity contribution in [2.45, 2.75) is 13.0 Å². The number of carbonyl (C=O) groups is 1. The highest BCUT2D eigenvalue weighted by atomic mass is 32.1. The van der Waals surface area contributed by atoms with Crippen LogP contribution in [0.25, 0.3) is 10.2 Å². The SMILES string of the molecule is COCC(CNC(=O)c1sc2nc(C)ccc2c1N)OC. The number of methoxy groups -OCH3 is 2. The molecule has 2 aromatic heterocycles. The second-order valence-corrected chi connectivity index (χ2v) is 5.67. The van der Waals surface area contributed by atoms with Crippen molar-refractivity contribution in [3.05, 3.63) is 22.7 Å². The van der Waals surface area contributed by atoms with E-state index in [-0.39, 0.29) is 12.0 Å². The van der Waals surface area contributed by atoms with E-state index in [0.717, 1.165) is 15.9 Å². The topological polar surface area (TPSA) is 86.5 Å². The molecule has 0 aliphatic heterocycles. The van der Waals surface area contributed by atoms with E-state index in [1.165, 1.54) is 11.3 Å². The number of ether oxygens (including phenoxy) is 2. The number of carbonyl (C=O) groups excluding carboxylic acids is 1. The summed E-state index contributed by atoms with van der Waals surface area (Å²) in [7, 11) is 3.17. The van der Waals surface area contributed by atoms with Gasteiger partial charge in [0.25, 0.3) is 5.91 Å². The highest BCUT2D eigenvalue weighted by molar-refractivity contribution is 7.21. The zero-order valence-corrected chi connectivity index (χ0v) is 13.1. The molecule has 114 valence electrons. The van der Waals surface area contributed by atoms with Crippen LogP contribution < -0.4 is 11.1 Å². The molecule has 0 bridgehead atoms. The van der Waals surface area contributed by atoms with E-state index in [9.17, 15) is 4.79 Å². The minimum absolute atomic E-state index is 0.185. The fourth-order valence-corrected chi connectivity index (χ4v) is 3.00. The number of aryl methyl sites for hydroxylation is 1. The number of nitrogens with one attached hydrogen (secondary N) is 1. The Kier molecular flexibility index (Phi) is 5.11. The van der Waals surface area contributed by atoms with Crippen LogP contribution in [0.4, 0.5) is 5.69 Å². The number of hydrogen-bond acceptors (Lipinski definition) is 6. The van der Waals surface area contributed by atoms with Crippen LogP contribution >= 0.6 is 11.3 Å². The smallest absolute Gasteiger partial charge is 0.263 e. The summed E-state index contributed by atoms with van der Waals surface area (Å²) >= 11 is 1.30. The van der Waals surface area contributed by atoms with E-state index in [4.69, 9.17) is 15.2 Å². The van der Waals surface area contributed by atoms with E-state index >= 15 is 0 Å². The molecule has 0 fully saturated rings. The van der Waals surface area contributed by atoms with E-state index in [0.29, 0.717) is 23.7 Å². The summed E-state index contributed by atoms with van der Waals surface area (Å²) < 4.78 is 10.2. The average molecular weight is 309 g/mol. The van der Waals surface area contributed by atoms with Crippen molar-refractivity contribution in [3.63, 3.8) is 0 Å². The second-order valence-electron chi connectivity index (χ2n) is 4.67. The first-order chi connectivity index (χ1) is 10.1. The van der Waals surface area contributed by atoms with Crippen LogP contribution in [0, 0.1) is 6.92 Å². The third kappa shape index (κ3) is 3.49. The number of nitrogen functional groups attached to an aromatic ring is 1. The largest absolute Gasteiger partial charge is 0.397 e. The molecule has 0 aliphatic rings. The molecule has 3 N–H and O–H groups in total. The summed E-state index contributed by atoms with van der Waals surface area (Å²) in [5.41, 5.74) is 7.41. The van der Waals surface area contributed by atoms with Gasteiger partial charge in [0.2, 0.25) is 0 Å². The van der Waals surface area contributed by atoms with E-state index in [1.54, 1.807) is 14.2 Å². The molecule has 0 aromatic carbocycles. The summed E-state index contributed by atoms with van der Waals surface area (Å²) in [5.74, 6) is -0.216. The first kappa shape index (κ1) is 15.7. The third-order valence-corrected chi connectivity index (χ3v) is 4.23. The normalized spacial score (nSPS) is 12.5. The average Bonchev–Trinajstić information content (AvgIpc) is 2.79. The number of nitrogens with zero attached hydrogens (tertiary/aromatic N) is 1. The van der Waals surface area contributed by atoms with Crippen molar-refractivity contribution < 1.29 is 14.3 Å². The predicted octanol–water partition coefficient (Wildman–Crippen LogP) is 1.58. The van der Waals surface area contributed by atoms with Crippen LogP contribution in [0.3, 0.4) is 0 Å². The van der Waals surface area contributed by atoms with Crippen LogP contribution in [0.15, 0.2) is 12.1 Å². The van der Waals surface area contributed by atoms with Gasteiger partial charge >= 0.3 is 0 Å². The van der Waals surface area contributed by atoms with Crippen molar-refractivity contribution in [1.29, 1.82) is 0 Å². The van der Waals surface area contributed by atoms with Gasteiger partial charge in [-0.1, -0.05) is 0 Å². The highest BCUT2D eigenvalue weighted by Gasteiger charge is 2.18. The highest BCUT2D eigenvalue weighted by Crippen LogP contribution is 2.32. The fourth-order valence-electron chi connectivity index (χ4n) is 1.94. The molecule has 0 radical (unpaired) electrons. The summed E-state index contributed by atoms with van der Waals surface area (Å²) in [5, 5.41) is 3.63. The van der Waals surface area contributed by atoms with Gasteiger partial charge in [0, 0.05) is 31.8 Å². The molecular weight excluding hydrogens is 290 g/mol. The van der Waals surface area contributed by atoms with Crippen molar-refractivity contribution in [3.8, 4) is 0 Å². The fraction of sp³-hybridized carbons (Fsp3) is 0.429. The van der Waals surface area contributed by atoms with Crippen molar-refractivity contribution in [2.75, 3.05) is 33.1 Å². The van der Waals surface area contributed by atoms with Gasteiger partial charge in [-0.25, -0.2) is 4.98 Å². The lowest BCUT2D eigenvalue weighted by molar-refractivity contribution is 0.0286. The summed E-state index contributed by atoms with van der Waals surface area (Å²) in [6.45, 7) is 2.69. The molecule has 7 heteroatoms. The summed E-state index contributed by atoms with van der Waals surface area (Å²) in [6, 6.07) is 3.77. The van der Waals surface area contributed by atoms with E-state index in [1.807, 2.05) is 19.1 Å².